The number of aliphatic hydroxyl groups excluding tert-OH is 1. The zero-order chi connectivity index (χ0) is 22.9. The van der Waals surface area contributed by atoms with Gasteiger partial charge >= 0.3 is 0 Å². The number of amides is 1. The molecule has 3 aromatic carbocycles. The first kappa shape index (κ1) is 20.6. The minimum absolute atomic E-state index is 0.0438. The van der Waals surface area contributed by atoms with Crippen LogP contribution in [0.25, 0.3) is 16.7 Å². The van der Waals surface area contributed by atoms with Crippen molar-refractivity contribution in [1.29, 1.82) is 0 Å². The highest BCUT2D eigenvalue weighted by atomic mass is 16.5. The topological polar surface area (TPSA) is 82.6 Å². The van der Waals surface area contributed by atoms with E-state index < -0.39 is 17.7 Å². The third-order valence-electron chi connectivity index (χ3n) is 5.81. The third kappa shape index (κ3) is 3.46. The number of anilines is 1. The van der Waals surface area contributed by atoms with Crippen molar-refractivity contribution in [3.63, 3.8) is 0 Å². The molecule has 2 heterocycles. The number of aliphatic hydroxyl groups is 1. The summed E-state index contributed by atoms with van der Waals surface area (Å²) in [5.74, 6) is -1.07. The molecule has 2 N–H and O–H groups in total. The smallest absolute Gasteiger partial charge is 0.300 e. The van der Waals surface area contributed by atoms with E-state index in [9.17, 15) is 14.7 Å². The number of aromatic amines is 1. The molecule has 6 heteroatoms. The SMILES string of the molecule is CCOc1cccc(/C(O)=C2\C(=O)C(=O)N(c3ccccc3)C2c2c[nH]c3ccccc23)c1. The molecule has 1 atom stereocenters. The van der Waals surface area contributed by atoms with Gasteiger partial charge in [-0.1, -0.05) is 48.5 Å². The molecule has 1 aromatic heterocycles. The lowest BCUT2D eigenvalue weighted by Crippen LogP contribution is -2.29. The number of hydrogen-bond acceptors (Lipinski definition) is 4. The first-order chi connectivity index (χ1) is 16.1. The van der Waals surface area contributed by atoms with Crippen molar-refractivity contribution in [2.24, 2.45) is 0 Å². The van der Waals surface area contributed by atoms with Gasteiger partial charge in [-0.15, -0.1) is 0 Å². The molecule has 6 nitrogen and oxygen atoms in total. The fourth-order valence-electron chi connectivity index (χ4n) is 4.36. The van der Waals surface area contributed by atoms with Crippen molar-refractivity contribution >= 4 is 34.0 Å². The van der Waals surface area contributed by atoms with E-state index in [4.69, 9.17) is 4.74 Å². The van der Waals surface area contributed by atoms with Gasteiger partial charge in [0.2, 0.25) is 0 Å². The Morgan fingerprint density at radius 2 is 1.76 bits per heavy atom. The molecule has 33 heavy (non-hydrogen) atoms. The van der Waals surface area contributed by atoms with Gasteiger partial charge < -0.3 is 14.8 Å². The number of Topliss-reactive ketones (excluding diaryl/α,β-unsaturated/α-hetero) is 1. The fraction of sp³-hybridized carbons (Fsp3) is 0.111. The number of carbonyl (C=O) groups is 2. The number of benzene rings is 3. The summed E-state index contributed by atoms with van der Waals surface area (Å²) in [5, 5.41) is 12.2. The summed E-state index contributed by atoms with van der Waals surface area (Å²) in [4.78, 5) is 31.2. The lowest BCUT2D eigenvalue weighted by molar-refractivity contribution is -0.132. The number of para-hydroxylation sites is 2. The van der Waals surface area contributed by atoms with Crippen LogP contribution in [0.15, 0.2) is 90.6 Å². The standard InChI is InChI=1S/C27H22N2O4/c1-2-33-19-12-8-9-17(15-19)25(30)23-24(21-16-28-22-14-7-6-13-20(21)22)29(27(32)26(23)31)18-10-4-3-5-11-18/h3-16,24,28,30H,2H2,1H3/b25-23+. The van der Waals surface area contributed by atoms with Crippen molar-refractivity contribution in [2.45, 2.75) is 13.0 Å². The van der Waals surface area contributed by atoms with E-state index in [-0.39, 0.29) is 11.3 Å². The highest BCUT2D eigenvalue weighted by Gasteiger charge is 2.47. The Bertz CT molecular complexity index is 1390. The van der Waals surface area contributed by atoms with Crippen LogP contribution >= 0.6 is 0 Å². The van der Waals surface area contributed by atoms with E-state index in [2.05, 4.69) is 4.98 Å². The molecule has 1 aliphatic rings. The Hall–Kier alpha value is -4.32. The number of nitrogens with zero attached hydrogens (tertiary/aromatic N) is 1. The second-order valence-corrected chi connectivity index (χ2v) is 7.76. The number of ether oxygens (including phenoxy) is 1. The van der Waals surface area contributed by atoms with Crippen LogP contribution in [-0.2, 0) is 9.59 Å². The summed E-state index contributed by atoms with van der Waals surface area (Å²) in [6.45, 7) is 2.34. The lowest BCUT2D eigenvalue weighted by Gasteiger charge is -2.25. The zero-order valence-electron chi connectivity index (χ0n) is 18.0. The zero-order valence-corrected chi connectivity index (χ0v) is 18.0. The maximum absolute atomic E-state index is 13.3. The molecule has 4 aromatic rings. The largest absolute Gasteiger partial charge is 0.507 e. The Morgan fingerprint density at radius 3 is 2.55 bits per heavy atom. The molecule has 0 radical (unpaired) electrons. The molecule has 5 rings (SSSR count). The number of rotatable bonds is 5. The van der Waals surface area contributed by atoms with Crippen molar-refractivity contribution in [3.8, 4) is 5.75 Å². The molecule has 1 saturated heterocycles. The average molecular weight is 438 g/mol. The van der Waals surface area contributed by atoms with Gasteiger partial charge in [0.1, 0.15) is 11.5 Å². The van der Waals surface area contributed by atoms with Crippen molar-refractivity contribution in [3.05, 3.63) is 102 Å². The fourth-order valence-corrected chi connectivity index (χ4v) is 4.36. The van der Waals surface area contributed by atoms with Gasteiger partial charge in [-0.2, -0.15) is 0 Å². The Balaban J connectivity index is 1.75. The highest BCUT2D eigenvalue weighted by Crippen LogP contribution is 2.44. The summed E-state index contributed by atoms with van der Waals surface area (Å²) in [7, 11) is 0. The number of ketones is 1. The monoisotopic (exact) mass is 438 g/mol. The normalized spacial score (nSPS) is 17.6. The maximum Gasteiger partial charge on any atom is 0.300 e. The van der Waals surface area contributed by atoms with E-state index in [1.807, 2.05) is 49.4 Å². The molecule has 1 unspecified atom stereocenters. The molecule has 0 bridgehead atoms. The summed E-state index contributed by atoms with van der Waals surface area (Å²) >= 11 is 0. The van der Waals surface area contributed by atoms with Crippen LogP contribution in [0, 0.1) is 0 Å². The van der Waals surface area contributed by atoms with Crippen LogP contribution in [-0.4, -0.2) is 28.4 Å². The number of fused-ring (bicyclic) bond motifs is 1. The first-order valence-corrected chi connectivity index (χ1v) is 10.8. The van der Waals surface area contributed by atoms with Crippen LogP contribution in [0.1, 0.15) is 24.1 Å². The molecule has 164 valence electrons. The molecule has 1 fully saturated rings. The number of carbonyl (C=O) groups excluding carboxylic acids is 2. The number of aromatic nitrogens is 1. The summed E-state index contributed by atoms with van der Waals surface area (Å²) in [6, 6.07) is 22.8. The average Bonchev–Trinajstić information content (AvgIpc) is 3.38. The molecule has 0 saturated carbocycles. The van der Waals surface area contributed by atoms with Gasteiger partial charge in [0.15, 0.2) is 0 Å². The van der Waals surface area contributed by atoms with Crippen LogP contribution in [0.3, 0.4) is 0 Å². The van der Waals surface area contributed by atoms with Crippen molar-refractivity contribution in [1.82, 2.24) is 4.98 Å². The van der Waals surface area contributed by atoms with Gasteiger partial charge in [0.25, 0.3) is 11.7 Å². The number of H-pyrrole nitrogens is 1. The Labute approximate surface area is 190 Å². The van der Waals surface area contributed by atoms with E-state index in [0.717, 1.165) is 16.5 Å². The molecule has 0 aliphatic carbocycles. The van der Waals surface area contributed by atoms with Crippen LogP contribution in [0.5, 0.6) is 5.75 Å². The van der Waals surface area contributed by atoms with Crippen LogP contribution < -0.4 is 9.64 Å². The molecular weight excluding hydrogens is 416 g/mol. The van der Waals surface area contributed by atoms with Gasteiger partial charge in [0, 0.05) is 33.9 Å². The minimum Gasteiger partial charge on any atom is -0.507 e. The molecule has 0 spiro atoms. The maximum atomic E-state index is 13.3. The quantitative estimate of drug-likeness (QED) is 0.255. The van der Waals surface area contributed by atoms with Gasteiger partial charge in [0.05, 0.1) is 18.2 Å². The summed E-state index contributed by atoms with van der Waals surface area (Å²) < 4.78 is 5.55. The predicted octanol–water partition coefficient (Wildman–Crippen LogP) is 5.19. The van der Waals surface area contributed by atoms with Crippen molar-refractivity contribution < 1.29 is 19.4 Å². The van der Waals surface area contributed by atoms with E-state index in [1.165, 1.54) is 4.90 Å². The van der Waals surface area contributed by atoms with E-state index in [1.54, 1.807) is 42.6 Å². The lowest BCUT2D eigenvalue weighted by atomic mass is 9.94. The van der Waals surface area contributed by atoms with Gasteiger partial charge in [-0.05, 0) is 37.3 Å². The predicted molar refractivity (Wildman–Crippen MR) is 127 cm³/mol. The highest BCUT2D eigenvalue weighted by molar-refractivity contribution is 6.51. The number of hydrogen-bond donors (Lipinski definition) is 2. The molecule has 1 amide bonds. The van der Waals surface area contributed by atoms with Crippen LogP contribution in [0.2, 0.25) is 0 Å². The number of nitrogens with one attached hydrogen (secondary N) is 1. The Kier molecular flexibility index (Phi) is 5.18. The van der Waals surface area contributed by atoms with Crippen LogP contribution in [0.4, 0.5) is 5.69 Å². The summed E-state index contributed by atoms with van der Waals surface area (Å²) in [6.07, 6.45) is 1.79. The summed E-state index contributed by atoms with van der Waals surface area (Å²) in [5.41, 5.74) is 2.65. The first-order valence-electron chi connectivity index (χ1n) is 10.8. The molecule has 1 aliphatic heterocycles. The van der Waals surface area contributed by atoms with Crippen molar-refractivity contribution in [2.75, 3.05) is 11.5 Å². The Morgan fingerprint density at radius 1 is 1.00 bits per heavy atom. The second kappa shape index (κ2) is 8.31. The second-order valence-electron chi connectivity index (χ2n) is 7.76. The van der Waals surface area contributed by atoms with E-state index >= 15 is 0 Å². The van der Waals surface area contributed by atoms with Gasteiger partial charge in [-0.25, -0.2) is 0 Å². The third-order valence-corrected chi connectivity index (χ3v) is 5.81. The molecular formula is C27H22N2O4. The minimum atomic E-state index is -0.792. The van der Waals surface area contributed by atoms with Gasteiger partial charge in [-0.3, -0.25) is 14.5 Å². The van der Waals surface area contributed by atoms with E-state index in [0.29, 0.717) is 23.6 Å².